The second-order valence-corrected chi connectivity index (χ2v) is 7.65. The summed E-state index contributed by atoms with van der Waals surface area (Å²) in [5.74, 6) is -0.0126. The van der Waals surface area contributed by atoms with E-state index in [-0.39, 0.29) is 17.1 Å². The van der Waals surface area contributed by atoms with Crippen molar-refractivity contribution in [3.05, 3.63) is 23.8 Å². The van der Waals surface area contributed by atoms with Gasteiger partial charge in [0.05, 0.1) is 11.4 Å². The molecule has 1 aromatic rings. The molecule has 0 bridgehead atoms. The van der Waals surface area contributed by atoms with Crippen LogP contribution in [0, 0.1) is 10.8 Å². The van der Waals surface area contributed by atoms with E-state index in [1.165, 1.54) is 0 Å². The number of ketones is 1. The predicted molar refractivity (Wildman–Crippen MR) is 92.0 cm³/mol. The van der Waals surface area contributed by atoms with Crippen molar-refractivity contribution in [2.24, 2.45) is 10.8 Å². The van der Waals surface area contributed by atoms with E-state index in [0.717, 1.165) is 6.42 Å². The van der Waals surface area contributed by atoms with Crippen LogP contribution in [0.2, 0.25) is 0 Å². The predicted octanol–water partition coefficient (Wildman–Crippen LogP) is 4.26. The van der Waals surface area contributed by atoms with Crippen LogP contribution in [0.1, 0.15) is 64.7 Å². The van der Waals surface area contributed by atoms with Gasteiger partial charge >= 0.3 is 0 Å². The molecule has 0 spiro atoms. The Bertz CT molecular complexity index is 569. The molecule has 1 rings (SSSR count). The van der Waals surface area contributed by atoms with E-state index in [4.69, 9.17) is 5.73 Å². The Hall–Kier alpha value is -1.84. The number of carbonyl (C=O) groups is 2. The van der Waals surface area contributed by atoms with Gasteiger partial charge in [0.15, 0.2) is 5.78 Å². The number of rotatable bonds is 5. The Kier molecular flexibility index (Phi) is 5.39. The zero-order valence-corrected chi connectivity index (χ0v) is 14.5. The van der Waals surface area contributed by atoms with Gasteiger partial charge in [-0.15, -0.1) is 0 Å². The minimum absolute atomic E-state index is 0.0611. The topological polar surface area (TPSA) is 72.2 Å². The number of carbonyl (C=O) groups excluding carboxylic acids is 2. The Labute approximate surface area is 133 Å². The standard InChI is InChI=1S/C18H28N2O2/c1-7-18(5,6)16(22)20-14-9-8-12(10-13(14)19)15(21)11-17(2,3)4/h8-10H,7,11,19H2,1-6H3,(H,20,22). The highest BCUT2D eigenvalue weighted by Gasteiger charge is 2.26. The smallest absolute Gasteiger partial charge is 0.230 e. The van der Waals surface area contributed by atoms with Crippen LogP contribution < -0.4 is 11.1 Å². The summed E-state index contributed by atoms with van der Waals surface area (Å²) >= 11 is 0. The first-order valence-corrected chi connectivity index (χ1v) is 7.70. The first kappa shape index (κ1) is 18.2. The molecule has 1 amide bonds. The van der Waals surface area contributed by atoms with E-state index in [9.17, 15) is 9.59 Å². The van der Waals surface area contributed by atoms with Gasteiger partial charge in [-0.3, -0.25) is 9.59 Å². The van der Waals surface area contributed by atoms with Gasteiger partial charge in [-0.1, -0.05) is 41.5 Å². The molecular formula is C18H28N2O2. The maximum Gasteiger partial charge on any atom is 0.230 e. The second-order valence-electron chi connectivity index (χ2n) is 7.65. The molecule has 122 valence electrons. The van der Waals surface area contributed by atoms with Crippen molar-refractivity contribution in [1.82, 2.24) is 0 Å². The number of anilines is 2. The minimum atomic E-state index is -0.451. The van der Waals surface area contributed by atoms with Gasteiger partial charge in [-0.2, -0.15) is 0 Å². The lowest BCUT2D eigenvalue weighted by Gasteiger charge is -2.22. The minimum Gasteiger partial charge on any atom is -0.397 e. The fourth-order valence-electron chi connectivity index (χ4n) is 1.89. The molecule has 0 radical (unpaired) electrons. The first-order valence-electron chi connectivity index (χ1n) is 7.70. The lowest BCUT2D eigenvalue weighted by molar-refractivity contribution is -0.124. The summed E-state index contributed by atoms with van der Waals surface area (Å²) in [6.07, 6.45) is 1.20. The number of amides is 1. The quantitative estimate of drug-likeness (QED) is 0.630. The second kappa shape index (κ2) is 6.51. The Balaban J connectivity index is 2.91. The van der Waals surface area contributed by atoms with Gasteiger partial charge in [0.1, 0.15) is 0 Å². The van der Waals surface area contributed by atoms with Gasteiger partial charge in [0.2, 0.25) is 5.91 Å². The first-order chi connectivity index (χ1) is 9.96. The number of hydrogen-bond donors (Lipinski definition) is 2. The normalized spacial score (nSPS) is 12.1. The average molecular weight is 304 g/mol. The van der Waals surface area contributed by atoms with E-state index in [0.29, 0.717) is 23.4 Å². The zero-order chi connectivity index (χ0) is 17.1. The van der Waals surface area contributed by atoms with Gasteiger partial charge in [-0.05, 0) is 30.0 Å². The molecule has 0 fully saturated rings. The highest BCUT2D eigenvalue weighted by molar-refractivity contribution is 6.01. The van der Waals surface area contributed by atoms with Crippen molar-refractivity contribution in [3.8, 4) is 0 Å². The molecular weight excluding hydrogens is 276 g/mol. The number of hydrogen-bond acceptors (Lipinski definition) is 3. The van der Waals surface area contributed by atoms with Crippen LogP contribution in [-0.2, 0) is 4.79 Å². The number of Topliss-reactive ketones (excluding diaryl/α,β-unsaturated/α-hetero) is 1. The maximum atomic E-state index is 12.2. The van der Waals surface area contributed by atoms with Crippen molar-refractivity contribution in [2.45, 2.75) is 54.4 Å². The Morgan fingerprint density at radius 2 is 1.73 bits per heavy atom. The molecule has 0 heterocycles. The van der Waals surface area contributed by atoms with E-state index < -0.39 is 5.41 Å². The third-order valence-corrected chi connectivity index (χ3v) is 3.81. The van der Waals surface area contributed by atoms with Crippen molar-refractivity contribution in [1.29, 1.82) is 0 Å². The summed E-state index contributed by atoms with van der Waals surface area (Å²) in [5.41, 5.74) is 7.03. The number of nitrogen functional groups attached to an aromatic ring is 1. The third kappa shape index (κ3) is 4.86. The number of nitrogens with one attached hydrogen (secondary N) is 1. The van der Waals surface area contributed by atoms with Crippen LogP contribution in [0.15, 0.2) is 18.2 Å². The van der Waals surface area contributed by atoms with Crippen LogP contribution in [0.4, 0.5) is 11.4 Å². The summed E-state index contributed by atoms with van der Waals surface area (Å²) in [5, 5.41) is 2.84. The van der Waals surface area contributed by atoms with Crippen molar-refractivity contribution >= 4 is 23.1 Å². The SMILES string of the molecule is CCC(C)(C)C(=O)Nc1ccc(C(=O)CC(C)(C)C)cc1N. The molecule has 0 aliphatic rings. The molecule has 0 aromatic heterocycles. The van der Waals surface area contributed by atoms with E-state index in [2.05, 4.69) is 5.32 Å². The molecule has 0 aliphatic carbocycles. The van der Waals surface area contributed by atoms with Crippen LogP contribution in [-0.4, -0.2) is 11.7 Å². The average Bonchev–Trinajstić information content (AvgIpc) is 2.38. The molecule has 3 N–H and O–H groups in total. The lowest BCUT2D eigenvalue weighted by Crippen LogP contribution is -2.30. The molecule has 22 heavy (non-hydrogen) atoms. The third-order valence-electron chi connectivity index (χ3n) is 3.81. The van der Waals surface area contributed by atoms with Crippen molar-refractivity contribution in [3.63, 3.8) is 0 Å². The highest BCUT2D eigenvalue weighted by Crippen LogP contribution is 2.27. The van der Waals surface area contributed by atoms with Crippen LogP contribution in [0.3, 0.4) is 0 Å². The Morgan fingerprint density at radius 1 is 1.14 bits per heavy atom. The monoisotopic (exact) mass is 304 g/mol. The fraction of sp³-hybridized carbons (Fsp3) is 0.556. The van der Waals surface area contributed by atoms with Gasteiger partial charge < -0.3 is 11.1 Å². The molecule has 0 aliphatic heterocycles. The van der Waals surface area contributed by atoms with Crippen LogP contribution >= 0.6 is 0 Å². The molecule has 1 aromatic carbocycles. The lowest BCUT2D eigenvalue weighted by atomic mass is 9.87. The van der Waals surface area contributed by atoms with Crippen molar-refractivity contribution in [2.75, 3.05) is 11.1 Å². The van der Waals surface area contributed by atoms with E-state index in [1.54, 1.807) is 18.2 Å². The zero-order valence-electron chi connectivity index (χ0n) is 14.5. The molecule has 0 unspecified atom stereocenters. The fourth-order valence-corrected chi connectivity index (χ4v) is 1.89. The van der Waals surface area contributed by atoms with E-state index in [1.807, 2.05) is 41.5 Å². The number of nitrogens with two attached hydrogens (primary N) is 1. The molecule has 0 saturated carbocycles. The highest BCUT2D eigenvalue weighted by atomic mass is 16.2. The summed E-state index contributed by atoms with van der Waals surface area (Å²) in [7, 11) is 0. The molecule has 0 atom stereocenters. The summed E-state index contributed by atoms with van der Waals surface area (Å²) in [6, 6.07) is 5.07. The summed E-state index contributed by atoms with van der Waals surface area (Å²) in [4.78, 5) is 24.4. The Morgan fingerprint density at radius 3 is 2.18 bits per heavy atom. The van der Waals surface area contributed by atoms with Crippen LogP contribution in [0.5, 0.6) is 0 Å². The summed E-state index contributed by atoms with van der Waals surface area (Å²) in [6.45, 7) is 11.8. The van der Waals surface area contributed by atoms with Crippen molar-refractivity contribution < 1.29 is 9.59 Å². The molecule has 4 heteroatoms. The summed E-state index contributed by atoms with van der Waals surface area (Å²) < 4.78 is 0. The van der Waals surface area contributed by atoms with Crippen LogP contribution in [0.25, 0.3) is 0 Å². The number of benzene rings is 1. The van der Waals surface area contributed by atoms with E-state index >= 15 is 0 Å². The maximum absolute atomic E-state index is 12.2. The van der Waals surface area contributed by atoms with Gasteiger partial charge in [0, 0.05) is 17.4 Å². The molecule has 4 nitrogen and oxygen atoms in total. The largest absolute Gasteiger partial charge is 0.397 e. The molecule has 0 saturated heterocycles. The van der Waals surface area contributed by atoms with Gasteiger partial charge in [-0.25, -0.2) is 0 Å². The van der Waals surface area contributed by atoms with Gasteiger partial charge in [0.25, 0.3) is 0 Å².